The second kappa shape index (κ2) is 6.24. The zero-order valence-corrected chi connectivity index (χ0v) is 13.4. The van der Waals surface area contributed by atoms with Crippen molar-refractivity contribution in [1.82, 2.24) is 19.3 Å². The van der Waals surface area contributed by atoms with Gasteiger partial charge in [0.1, 0.15) is 5.56 Å². The number of carbonyl (C=O) groups is 1. The lowest BCUT2D eigenvalue weighted by molar-refractivity contribution is 0.0950. The summed E-state index contributed by atoms with van der Waals surface area (Å²) in [6.45, 7) is 5.22. The Bertz CT molecular complexity index is 923. The van der Waals surface area contributed by atoms with Gasteiger partial charge in [-0.05, 0) is 25.5 Å². The molecule has 1 N–H and O–H groups in total. The van der Waals surface area contributed by atoms with Crippen molar-refractivity contribution in [2.45, 2.75) is 33.2 Å². The summed E-state index contributed by atoms with van der Waals surface area (Å²) in [5.41, 5.74) is 1.29. The third-order valence-electron chi connectivity index (χ3n) is 3.92. The molecule has 6 heteroatoms. The minimum absolute atomic E-state index is 0.151. The van der Waals surface area contributed by atoms with Gasteiger partial charge in [0.05, 0.1) is 11.0 Å². The fourth-order valence-corrected chi connectivity index (χ4v) is 2.66. The zero-order valence-electron chi connectivity index (χ0n) is 13.4. The van der Waals surface area contributed by atoms with Crippen molar-refractivity contribution in [2.24, 2.45) is 0 Å². The summed E-state index contributed by atoms with van der Waals surface area (Å²) in [5, 5.41) is 2.81. The van der Waals surface area contributed by atoms with Gasteiger partial charge in [-0.1, -0.05) is 25.5 Å². The molecule has 0 bridgehead atoms. The number of rotatable bonds is 5. The number of benzene rings is 1. The van der Waals surface area contributed by atoms with Crippen molar-refractivity contribution in [3.63, 3.8) is 0 Å². The van der Waals surface area contributed by atoms with Crippen LogP contribution in [0.3, 0.4) is 0 Å². The molecule has 1 amide bonds. The molecular weight excluding hydrogens is 292 g/mol. The van der Waals surface area contributed by atoms with Gasteiger partial charge in [-0.15, -0.1) is 0 Å². The number of imidazole rings is 1. The van der Waals surface area contributed by atoms with E-state index >= 15 is 0 Å². The Morgan fingerprint density at radius 3 is 2.78 bits per heavy atom. The highest BCUT2D eigenvalue weighted by atomic mass is 16.2. The fourth-order valence-electron chi connectivity index (χ4n) is 2.66. The van der Waals surface area contributed by atoms with E-state index in [0.717, 1.165) is 23.9 Å². The number of fused-ring (bicyclic) bond motifs is 3. The molecule has 0 saturated carbocycles. The van der Waals surface area contributed by atoms with Crippen LogP contribution < -0.4 is 10.9 Å². The molecule has 3 rings (SSSR count). The van der Waals surface area contributed by atoms with Gasteiger partial charge in [0.25, 0.3) is 11.5 Å². The molecule has 0 aliphatic heterocycles. The highest BCUT2D eigenvalue weighted by Gasteiger charge is 2.17. The average molecular weight is 312 g/mol. The van der Waals surface area contributed by atoms with E-state index in [1.54, 1.807) is 6.20 Å². The molecule has 3 aromatic rings. The van der Waals surface area contributed by atoms with E-state index < -0.39 is 0 Å². The van der Waals surface area contributed by atoms with Crippen LogP contribution in [0.5, 0.6) is 0 Å². The number of carbonyl (C=O) groups excluding carboxylic acids is 1. The molecule has 0 fully saturated rings. The zero-order chi connectivity index (χ0) is 16.4. The molecule has 2 heterocycles. The van der Waals surface area contributed by atoms with Crippen molar-refractivity contribution >= 4 is 22.7 Å². The Morgan fingerprint density at radius 1 is 1.26 bits per heavy atom. The van der Waals surface area contributed by atoms with Gasteiger partial charge in [0.15, 0.2) is 0 Å². The van der Waals surface area contributed by atoms with Crippen LogP contribution in [0.2, 0.25) is 0 Å². The van der Waals surface area contributed by atoms with Crippen LogP contribution in [0, 0.1) is 0 Å². The number of unbranched alkanes of at least 4 members (excludes halogenated alkanes) is 1. The molecule has 0 saturated heterocycles. The number of amides is 1. The lowest BCUT2D eigenvalue weighted by Gasteiger charge is -2.09. The second-order valence-electron chi connectivity index (χ2n) is 5.48. The molecule has 0 aliphatic rings. The van der Waals surface area contributed by atoms with E-state index in [4.69, 9.17) is 0 Å². The Hall–Kier alpha value is -2.63. The lowest BCUT2D eigenvalue weighted by Crippen LogP contribution is -2.33. The first-order valence-electron chi connectivity index (χ1n) is 7.96. The van der Waals surface area contributed by atoms with Crippen molar-refractivity contribution in [2.75, 3.05) is 6.54 Å². The van der Waals surface area contributed by atoms with Crippen molar-refractivity contribution in [1.29, 1.82) is 0 Å². The molecular formula is C17H20N4O2. The first-order chi connectivity index (χ1) is 11.2. The minimum Gasteiger partial charge on any atom is -0.352 e. The molecule has 23 heavy (non-hydrogen) atoms. The Kier molecular flexibility index (Phi) is 4.14. The maximum Gasteiger partial charge on any atom is 0.272 e. The van der Waals surface area contributed by atoms with E-state index in [-0.39, 0.29) is 17.0 Å². The van der Waals surface area contributed by atoms with Gasteiger partial charge in [0.2, 0.25) is 5.78 Å². The van der Waals surface area contributed by atoms with E-state index in [1.165, 1.54) is 4.40 Å². The van der Waals surface area contributed by atoms with Crippen LogP contribution >= 0.6 is 0 Å². The quantitative estimate of drug-likeness (QED) is 0.734. The molecule has 0 radical (unpaired) electrons. The molecule has 0 spiro atoms. The Morgan fingerprint density at radius 2 is 2.04 bits per heavy atom. The van der Waals surface area contributed by atoms with Gasteiger partial charge in [-0.2, -0.15) is 0 Å². The summed E-state index contributed by atoms with van der Waals surface area (Å²) in [6.07, 6.45) is 3.49. The number of hydrogen-bond donors (Lipinski definition) is 1. The monoisotopic (exact) mass is 312 g/mol. The van der Waals surface area contributed by atoms with Crippen LogP contribution in [0.15, 0.2) is 35.3 Å². The largest absolute Gasteiger partial charge is 0.352 e. The maximum atomic E-state index is 12.8. The van der Waals surface area contributed by atoms with E-state index in [2.05, 4.69) is 17.2 Å². The molecule has 120 valence electrons. The Balaban J connectivity index is 2.20. The van der Waals surface area contributed by atoms with Crippen molar-refractivity contribution in [3.05, 3.63) is 46.4 Å². The number of para-hydroxylation sites is 2. The van der Waals surface area contributed by atoms with E-state index in [9.17, 15) is 9.59 Å². The third-order valence-corrected chi connectivity index (χ3v) is 3.92. The molecule has 0 unspecified atom stereocenters. The van der Waals surface area contributed by atoms with Crippen LogP contribution in [0.4, 0.5) is 0 Å². The van der Waals surface area contributed by atoms with Crippen molar-refractivity contribution < 1.29 is 4.79 Å². The first kappa shape index (κ1) is 15.3. The molecule has 0 aliphatic carbocycles. The molecule has 2 aromatic heterocycles. The van der Waals surface area contributed by atoms with Gasteiger partial charge in [-0.25, -0.2) is 9.38 Å². The topological polar surface area (TPSA) is 68.4 Å². The second-order valence-corrected chi connectivity index (χ2v) is 5.48. The maximum absolute atomic E-state index is 12.8. The molecule has 6 nitrogen and oxygen atoms in total. The smallest absolute Gasteiger partial charge is 0.272 e. The summed E-state index contributed by atoms with van der Waals surface area (Å²) < 4.78 is 3.35. The standard InChI is InChI=1S/C17H20N4O2/c1-3-5-10-18-15(22)12-11-20(4-2)17-19-13-8-6-7-9-14(13)21(17)16(12)23/h6-9,11H,3-5,10H2,1-2H3,(H,18,22). The van der Waals surface area contributed by atoms with Crippen molar-refractivity contribution in [3.8, 4) is 0 Å². The van der Waals surface area contributed by atoms with Gasteiger partial charge in [-0.3, -0.25) is 9.59 Å². The summed E-state index contributed by atoms with van der Waals surface area (Å²) >= 11 is 0. The third kappa shape index (κ3) is 2.60. The highest BCUT2D eigenvalue weighted by molar-refractivity contribution is 5.94. The van der Waals surface area contributed by atoms with E-state index in [0.29, 0.717) is 18.9 Å². The lowest BCUT2D eigenvalue weighted by atomic mass is 10.2. The number of aromatic nitrogens is 3. The summed E-state index contributed by atoms with van der Waals surface area (Å²) in [4.78, 5) is 29.7. The summed E-state index contributed by atoms with van der Waals surface area (Å²) in [5.74, 6) is 0.231. The summed E-state index contributed by atoms with van der Waals surface area (Å²) in [7, 11) is 0. The van der Waals surface area contributed by atoms with Crippen LogP contribution in [-0.4, -0.2) is 26.4 Å². The molecule has 1 aromatic carbocycles. The van der Waals surface area contributed by atoms with Crippen LogP contribution in [0.25, 0.3) is 16.8 Å². The number of aryl methyl sites for hydroxylation is 1. The minimum atomic E-state index is -0.328. The predicted octanol–water partition coefficient (Wildman–Crippen LogP) is 2.20. The predicted molar refractivity (Wildman–Crippen MR) is 89.9 cm³/mol. The fraction of sp³-hybridized carbons (Fsp3) is 0.353. The Labute approximate surface area is 133 Å². The van der Waals surface area contributed by atoms with Crippen LogP contribution in [-0.2, 0) is 6.54 Å². The first-order valence-corrected chi connectivity index (χ1v) is 7.96. The highest BCUT2D eigenvalue weighted by Crippen LogP contribution is 2.15. The summed E-state index contributed by atoms with van der Waals surface area (Å²) in [6, 6.07) is 7.45. The van der Waals surface area contributed by atoms with Gasteiger partial charge >= 0.3 is 0 Å². The van der Waals surface area contributed by atoms with Gasteiger partial charge in [0, 0.05) is 19.3 Å². The molecule has 0 atom stereocenters. The number of nitrogens with one attached hydrogen (secondary N) is 1. The van der Waals surface area contributed by atoms with Gasteiger partial charge < -0.3 is 9.88 Å². The van der Waals surface area contributed by atoms with E-state index in [1.807, 2.05) is 35.8 Å². The number of hydrogen-bond acceptors (Lipinski definition) is 3. The normalized spacial score (nSPS) is 11.2. The average Bonchev–Trinajstić information content (AvgIpc) is 2.95. The van der Waals surface area contributed by atoms with Crippen LogP contribution in [0.1, 0.15) is 37.0 Å². The number of nitrogens with zero attached hydrogens (tertiary/aromatic N) is 3. The SMILES string of the molecule is CCCCNC(=O)c1cn(CC)c2nc3ccccc3n2c1=O.